The maximum absolute atomic E-state index is 5.94. The summed E-state index contributed by atoms with van der Waals surface area (Å²) in [5, 5.41) is 3.40. The van der Waals surface area contributed by atoms with Crippen molar-refractivity contribution < 1.29 is 4.42 Å². The second-order valence-electron chi connectivity index (χ2n) is 4.66. The van der Waals surface area contributed by atoms with Gasteiger partial charge in [-0.3, -0.25) is 0 Å². The van der Waals surface area contributed by atoms with Crippen molar-refractivity contribution in [3.8, 4) is 0 Å². The normalized spacial score (nSPS) is 17.4. The van der Waals surface area contributed by atoms with Crippen molar-refractivity contribution in [1.82, 2.24) is 4.98 Å². The Labute approximate surface area is 118 Å². The smallest absolute Gasteiger partial charge is 0.204 e. The molecule has 1 N–H and O–H groups in total. The summed E-state index contributed by atoms with van der Waals surface area (Å²) < 4.78 is 6.89. The van der Waals surface area contributed by atoms with E-state index in [1.807, 2.05) is 24.3 Å². The zero-order valence-corrected chi connectivity index (χ0v) is 11.6. The molecule has 1 aliphatic rings. The number of oxazole rings is 1. The Bertz CT molecular complexity index is 766. The van der Waals surface area contributed by atoms with Crippen LogP contribution in [0.3, 0.4) is 0 Å². The molecule has 4 heteroatoms. The molecule has 0 amide bonds. The summed E-state index contributed by atoms with van der Waals surface area (Å²) in [7, 11) is 0. The Morgan fingerprint density at radius 3 is 2.95 bits per heavy atom. The fourth-order valence-electron chi connectivity index (χ4n) is 2.59. The summed E-state index contributed by atoms with van der Waals surface area (Å²) in [5.74, 6) is 0.967. The average molecular weight is 315 g/mol. The number of halogens is 1. The second-order valence-corrected chi connectivity index (χ2v) is 5.52. The Morgan fingerprint density at radius 2 is 2.05 bits per heavy atom. The number of fused-ring (bicyclic) bond motifs is 2. The first kappa shape index (κ1) is 11.1. The van der Waals surface area contributed by atoms with Gasteiger partial charge in [-0.15, -0.1) is 0 Å². The molecule has 3 aromatic rings. The zero-order chi connectivity index (χ0) is 12.8. The minimum absolute atomic E-state index is 0.190. The van der Waals surface area contributed by atoms with Crippen LogP contribution in [0.25, 0.3) is 11.1 Å². The van der Waals surface area contributed by atoms with Crippen molar-refractivity contribution in [2.24, 2.45) is 0 Å². The molecule has 1 aromatic heterocycles. The third-order valence-electron chi connectivity index (χ3n) is 3.51. The number of nitrogens with zero attached hydrogens (tertiary/aromatic N) is 1. The van der Waals surface area contributed by atoms with E-state index >= 15 is 0 Å². The summed E-state index contributed by atoms with van der Waals surface area (Å²) in [6.07, 6.45) is 0. The van der Waals surface area contributed by atoms with Crippen LogP contribution in [0.15, 0.2) is 51.4 Å². The maximum atomic E-state index is 5.94. The van der Waals surface area contributed by atoms with Gasteiger partial charge >= 0.3 is 0 Å². The molecule has 0 radical (unpaired) electrons. The number of para-hydroxylation sites is 2. The number of hydrogen-bond acceptors (Lipinski definition) is 3. The SMILES string of the molecule is Brc1cccc2nc(C3CNc4ccccc43)oc12. The molecule has 0 saturated heterocycles. The molecule has 3 nitrogen and oxygen atoms in total. The van der Waals surface area contributed by atoms with Crippen LogP contribution in [0.4, 0.5) is 5.69 Å². The van der Waals surface area contributed by atoms with Crippen LogP contribution in [0.1, 0.15) is 17.4 Å². The van der Waals surface area contributed by atoms with Gasteiger partial charge in [0.25, 0.3) is 0 Å². The monoisotopic (exact) mass is 314 g/mol. The van der Waals surface area contributed by atoms with Crippen molar-refractivity contribution >= 4 is 32.7 Å². The number of hydrogen-bond donors (Lipinski definition) is 1. The molecule has 0 bridgehead atoms. The summed E-state index contributed by atoms with van der Waals surface area (Å²) in [6, 6.07) is 14.2. The predicted molar refractivity (Wildman–Crippen MR) is 78.5 cm³/mol. The molecule has 19 heavy (non-hydrogen) atoms. The molecule has 0 aliphatic carbocycles. The van der Waals surface area contributed by atoms with Crippen LogP contribution >= 0.6 is 15.9 Å². The first-order valence-corrected chi connectivity index (χ1v) is 7.00. The van der Waals surface area contributed by atoms with Crippen LogP contribution < -0.4 is 5.32 Å². The Morgan fingerprint density at radius 1 is 1.16 bits per heavy atom. The van der Waals surface area contributed by atoms with Crippen LogP contribution in [0, 0.1) is 0 Å². The average Bonchev–Trinajstić information content (AvgIpc) is 3.02. The van der Waals surface area contributed by atoms with Gasteiger partial charge < -0.3 is 9.73 Å². The fourth-order valence-corrected chi connectivity index (χ4v) is 3.02. The van der Waals surface area contributed by atoms with E-state index in [1.54, 1.807) is 0 Å². The van der Waals surface area contributed by atoms with E-state index in [0.29, 0.717) is 0 Å². The summed E-state index contributed by atoms with van der Waals surface area (Å²) in [6.45, 7) is 0.837. The van der Waals surface area contributed by atoms with Crippen molar-refractivity contribution in [3.63, 3.8) is 0 Å². The highest BCUT2D eigenvalue weighted by molar-refractivity contribution is 9.10. The Kier molecular flexibility index (Phi) is 2.38. The summed E-state index contributed by atoms with van der Waals surface area (Å²) in [4.78, 5) is 4.62. The molecule has 1 aliphatic heterocycles. The van der Waals surface area contributed by atoms with Crippen molar-refractivity contribution in [3.05, 3.63) is 58.4 Å². The molecule has 0 saturated carbocycles. The maximum Gasteiger partial charge on any atom is 0.204 e. The third kappa shape index (κ3) is 1.67. The van der Waals surface area contributed by atoms with Gasteiger partial charge in [0.1, 0.15) is 5.52 Å². The van der Waals surface area contributed by atoms with Crippen LogP contribution in [-0.2, 0) is 0 Å². The lowest BCUT2D eigenvalue weighted by molar-refractivity contribution is 0.511. The molecule has 1 unspecified atom stereocenters. The highest BCUT2D eigenvalue weighted by Gasteiger charge is 2.27. The Hall–Kier alpha value is -1.81. The number of rotatable bonds is 1. The van der Waals surface area contributed by atoms with Gasteiger partial charge in [-0.05, 0) is 39.7 Å². The lowest BCUT2D eigenvalue weighted by Gasteiger charge is -2.04. The molecular formula is C15H11BrN2O. The minimum Gasteiger partial charge on any atom is -0.439 e. The molecule has 4 rings (SSSR count). The lowest BCUT2D eigenvalue weighted by Crippen LogP contribution is -2.03. The van der Waals surface area contributed by atoms with E-state index in [4.69, 9.17) is 4.42 Å². The van der Waals surface area contributed by atoms with Gasteiger partial charge in [0.15, 0.2) is 5.58 Å². The van der Waals surface area contributed by atoms with Gasteiger partial charge in [-0.1, -0.05) is 24.3 Å². The molecular weight excluding hydrogens is 304 g/mol. The molecule has 0 spiro atoms. The van der Waals surface area contributed by atoms with Crippen molar-refractivity contribution in [2.75, 3.05) is 11.9 Å². The van der Waals surface area contributed by atoms with E-state index in [9.17, 15) is 0 Å². The highest BCUT2D eigenvalue weighted by atomic mass is 79.9. The number of aromatic nitrogens is 1. The summed E-state index contributed by atoms with van der Waals surface area (Å²) >= 11 is 3.50. The van der Waals surface area contributed by atoms with Crippen LogP contribution in [-0.4, -0.2) is 11.5 Å². The number of nitrogens with one attached hydrogen (secondary N) is 1. The van der Waals surface area contributed by atoms with E-state index in [1.165, 1.54) is 11.3 Å². The summed E-state index contributed by atoms with van der Waals surface area (Å²) in [5.41, 5.74) is 4.15. The minimum atomic E-state index is 0.190. The fraction of sp³-hybridized carbons (Fsp3) is 0.133. The standard InChI is InChI=1S/C15H11BrN2O/c16-11-5-3-7-13-14(11)19-15(18-13)10-8-17-12-6-2-1-4-9(10)12/h1-7,10,17H,8H2. The molecule has 2 heterocycles. The zero-order valence-electron chi connectivity index (χ0n) is 10.1. The van der Waals surface area contributed by atoms with E-state index in [0.717, 1.165) is 28.0 Å². The van der Waals surface area contributed by atoms with Gasteiger partial charge in [0, 0.05) is 12.2 Å². The van der Waals surface area contributed by atoms with E-state index in [-0.39, 0.29) is 5.92 Å². The molecule has 94 valence electrons. The first-order chi connectivity index (χ1) is 9.33. The topological polar surface area (TPSA) is 38.1 Å². The van der Waals surface area contributed by atoms with Gasteiger partial charge in [0.05, 0.1) is 10.4 Å². The first-order valence-electron chi connectivity index (χ1n) is 6.20. The Balaban J connectivity index is 1.86. The van der Waals surface area contributed by atoms with Crippen molar-refractivity contribution in [1.29, 1.82) is 0 Å². The predicted octanol–water partition coefficient (Wildman–Crippen LogP) is 4.15. The van der Waals surface area contributed by atoms with Crippen LogP contribution in [0.2, 0.25) is 0 Å². The highest BCUT2D eigenvalue weighted by Crippen LogP contribution is 2.37. The second kappa shape index (κ2) is 4.10. The van der Waals surface area contributed by atoms with Crippen molar-refractivity contribution in [2.45, 2.75) is 5.92 Å². The van der Waals surface area contributed by atoms with Gasteiger partial charge in [0.2, 0.25) is 5.89 Å². The molecule has 2 aromatic carbocycles. The number of anilines is 1. The largest absolute Gasteiger partial charge is 0.439 e. The van der Waals surface area contributed by atoms with E-state index < -0.39 is 0 Å². The van der Waals surface area contributed by atoms with E-state index in [2.05, 4.69) is 44.4 Å². The number of benzene rings is 2. The molecule has 0 fully saturated rings. The third-order valence-corrected chi connectivity index (χ3v) is 4.14. The van der Waals surface area contributed by atoms with Gasteiger partial charge in [-0.25, -0.2) is 4.98 Å². The quantitative estimate of drug-likeness (QED) is 0.733. The van der Waals surface area contributed by atoms with Crippen LogP contribution in [0.5, 0.6) is 0 Å². The molecule has 1 atom stereocenters. The lowest BCUT2D eigenvalue weighted by atomic mass is 10.0. The van der Waals surface area contributed by atoms with Gasteiger partial charge in [-0.2, -0.15) is 0 Å².